The minimum absolute atomic E-state index is 0.576. The Morgan fingerprint density at radius 1 is 1.77 bits per heavy atom. The number of thiazole rings is 1. The monoisotopic (exact) mass is 217 g/mol. The summed E-state index contributed by atoms with van der Waals surface area (Å²) in [6, 6.07) is 0. The molecule has 1 rings (SSSR count). The van der Waals surface area contributed by atoms with Crippen molar-refractivity contribution in [2.24, 2.45) is 0 Å². The Kier molecular flexibility index (Phi) is 3.57. The Morgan fingerprint density at radius 2 is 2.46 bits per heavy atom. The summed E-state index contributed by atoms with van der Waals surface area (Å²) in [5.41, 5.74) is 0. The summed E-state index contributed by atoms with van der Waals surface area (Å²) in [7, 11) is 3.88. The molecule has 0 amide bonds. The van der Waals surface area contributed by atoms with Gasteiger partial charge in [0.25, 0.3) is 0 Å². The number of aromatic nitrogens is 1. The third-order valence-corrected chi connectivity index (χ3v) is 2.65. The van der Waals surface area contributed by atoms with Crippen LogP contribution in [-0.2, 0) is 6.54 Å². The maximum absolute atomic E-state index is 5.69. The summed E-state index contributed by atoms with van der Waals surface area (Å²) in [6.07, 6.45) is 1.77. The quantitative estimate of drug-likeness (QED) is 0.836. The van der Waals surface area contributed by atoms with Gasteiger partial charge >= 0.3 is 0 Å². The molecular formula is C8H12ClN3S. The molecule has 0 aliphatic heterocycles. The van der Waals surface area contributed by atoms with Crippen molar-refractivity contribution >= 4 is 22.9 Å². The summed E-state index contributed by atoms with van der Waals surface area (Å²) >= 11 is 7.16. The van der Waals surface area contributed by atoms with Crippen LogP contribution in [0.25, 0.3) is 0 Å². The van der Waals surface area contributed by atoms with Crippen molar-refractivity contribution in [1.29, 1.82) is 0 Å². The largest absolute Gasteiger partial charge is 0.367 e. The zero-order valence-electron chi connectivity index (χ0n) is 7.67. The molecule has 0 aromatic carbocycles. The van der Waals surface area contributed by atoms with Gasteiger partial charge in [0.1, 0.15) is 0 Å². The highest BCUT2D eigenvalue weighted by molar-refractivity contribution is 7.15. The van der Waals surface area contributed by atoms with E-state index in [0.717, 1.165) is 17.2 Å². The Balaban J connectivity index is 2.39. The summed E-state index contributed by atoms with van der Waals surface area (Å²) in [5, 5.41) is 3.15. The third-order valence-electron chi connectivity index (χ3n) is 1.53. The number of nitrogens with one attached hydrogen (secondary N) is 1. The molecular weight excluding hydrogens is 206 g/mol. The van der Waals surface area contributed by atoms with Gasteiger partial charge in [-0.25, -0.2) is 4.98 Å². The van der Waals surface area contributed by atoms with Crippen molar-refractivity contribution in [1.82, 2.24) is 15.2 Å². The van der Waals surface area contributed by atoms with Crippen LogP contribution in [0.15, 0.2) is 18.6 Å². The molecule has 1 aromatic rings. The van der Waals surface area contributed by atoms with E-state index in [2.05, 4.69) is 16.9 Å². The molecule has 0 aliphatic rings. The van der Waals surface area contributed by atoms with Crippen LogP contribution in [0.3, 0.4) is 0 Å². The second-order valence-corrected chi connectivity index (χ2v) is 4.47. The molecule has 0 atom stereocenters. The SMILES string of the molecule is C=C(NCc1cnc(Cl)s1)N(C)C. The highest BCUT2D eigenvalue weighted by Gasteiger charge is 2.00. The van der Waals surface area contributed by atoms with E-state index in [0.29, 0.717) is 4.47 Å². The molecule has 0 fully saturated rings. The van der Waals surface area contributed by atoms with Gasteiger partial charge in [-0.2, -0.15) is 0 Å². The summed E-state index contributed by atoms with van der Waals surface area (Å²) < 4.78 is 0.576. The Bertz CT molecular complexity index is 295. The van der Waals surface area contributed by atoms with Crippen LogP contribution in [0.2, 0.25) is 4.47 Å². The van der Waals surface area contributed by atoms with Crippen molar-refractivity contribution in [3.63, 3.8) is 0 Å². The smallest absolute Gasteiger partial charge is 0.183 e. The zero-order chi connectivity index (χ0) is 9.84. The first-order chi connectivity index (χ1) is 6.09. The number of hydrogen-bond acceptors (Lipinski definition) is 4. The van der Waals surface area contributed by atoms with E-state index >= 15 is 0 Å². The Morgan fingerprint density at radius 3 is 2.92 bits per heavy atom. The number of nitrogens with zero attached hydrogens (tertiary/aromatic N) is 2. The van der Waals surface area contributed by atoms with Gasteiger partial charge in [-0.3, -0.25) is 0 Å². The molecule has 5 heteroatoms. The standard InChI is InChI=1S/C8H12ClN3S/c1-6(12(2)3)10-4-7-5-11-8(9)13-7/h5,10H,1,4H2,2-3H3. The van der Waals surface area contributed by atoms with Crippen LogP contribution in [0.4, 0.5) is 0 Å². The first-order valence-electron chi connectivity index (χ1n) is 3.80. The number of rotatable bonds is 4. The molecule has 0 saturated heterocycles. The highest BCUT2D eigenvalue weighted by atomic mass is 35.5. The maximum Gasteiger partial charge on any atom is 0.183 e. The lowest BCUT2D eigenvalue weighted by Gasteiger charge is -2.16. The van der Waals surface area contributed by atoms with Crippen molar-refractivity contribution in [3.8, 4) is 0 Å². The number of halogens is 1. The first kappa shape index (κ1) is 10.3. The second-order valence-electron chi connectivity index (χ2n) is 2.77. The van der Waals surface area contributed by atoms with Crippen molar-refractivity contribution in [2.45, 2.75) is 6.54 Å². The molecule has 1 N–H and O–H groups in total. The van der Waals surface area contributed by atoms with Crippen LogP contribution >= 0.6 is 22.9 Å². The lowest BCUT2D eigenvalue weighted by molar-refractivity contribution is 0.463. The molecule has 0 bridgehead atoms. The van der Waals surface area contributed by atoms with Gasteiger partial charge in [0.05, 0.1) is 12.4 Å². The van der Waals surface area contributed by atoms with Crippen LogP contribution < -0.4 is 5.32 Å². The van der Waals surface area contributed by atoms with E-state index in [1.807, 2.05) is 19.0 Å². The predicted molar refractivity (Wildman–Crippen MR) is 56.8 cm³/mol. The van der Waals surface area contributed by atoms with E-state index < -0.39 is 0 Å². The van der Waals surface area contributed by atoms with E-state index in [1.165, 1.54) is 11.3 Å². The topological polar surface area (TPSA) is 28.2 Å². The van der Waals surface area contributed by atoms with E-state index in [4.69, 9.17) is 11.6 Å². The van der Waals surface area contributed by atoms with Gasteiger partial charge in [-0.05, 0) is 0 Å². The fraction of sp³-hybridized carbons (Fsp3) is 0.375. The molecule has 1 heterocycles. The Labute approximate surface area is 87.0 Å². The van der Waals surface area contributed by atoms with Crippen molar-refractivity contribution < 1.29 is 0 Å². The van der Waals surface area contributed by atoms with Gasteiger partial charge in [0.2, 0.25) is 0 Å². The fourth-order valence-electron chi connectivity index (χ4n) is 0.713. The van der Waals surface area contributed by atoms with Gasteiger partial charge in [-0.1, -0.05) is 18.2 Å². The predicted octanol–water partition coefficient (Wildman–Crippen LogP) is 1.92. The molecule has 0 aliphatic carbocycles. The van der Waals surface area contributed by atoms with Crippen molar-refractivity contribution in [2.75, 3.05) is 14.1 Å². The van der Waals surface area contributed by atoms with Crippen LogP contribution in [0, 0.1) is 0 Å². The van der Waals surface area contributed by atoms with E-state index in [1.54, 1.807) is 6.20 Å². The normalized spacial score (nSPS) is 9.77. The molecule has 0 radical (unpaired) electrons. The average Bonchev–Trinajstić information content (AvgIpc) is 2.47. The third kappa shape index (κ3) is 3.24. The first-order valence-corrected chi connectivity index (χ1v) is 4.99. The fourth-order valence-corrected chi connectivity index (χ4v) is 1.63. The van der Waals surface area contributed by atoms with Gasteiger partial charge in [0, 0.05) is 25.2 Å². The number of hydrogen-bond donors (Lipinski definition) is 1. The van der Waals surface area contributed by atoms with Crippen LogP contribution in [0.1, 0.15) is 4.88 Å². The van der Waals surface area contributed by atoms with Gasteiger partial charge in [-0.15, -0.1) is 11.3 Å². The van der Waals surface area contributed by atoms with E-state index in [9.17, 15) is 0 Å². The summed E-state index contributed by atoms with van der Waals surface area (Å²) in [4.78, 5) is 6.96. The summed E-state index contributed by atoms with van der Waals surface area (Å²) in [6.45, 7) is 4.57. The average molecular weight is 218 g/mol. The van der Waals surface area contributed by atoms with Crippen molar-refractivity contribution in [3.05, 3.63) is 27.9 Å². The lowest BCUT2D eigenvalue weighted by Crippen LogP contribution is -2.23. The second kappa shape index (κ2) is 4.48. The Hall–Kier alpha value is -0.740. The van der Waals surface area contributed by atoms with E-state index in [-0.39, 0.29) is 0 Å². The van der Waals surface area contributed by atoms with Gasteiger partial charge in [0.15, 0.2) is 4.47 Å². The maximum atomic E-state index is 5.69. The lowest BCUT2D eigenvalue weighted by atomic mass is 10.5. The minimum Gasteiger partial charge on any atom is -0.367 e. The molecule has 0 spiro atoms. The zero-order valence-corrected chi connectivity index (χ0v) is 9.24. The molecule has 72 valence electrons. The van der Waals surface area contributed by atoms with Gasteiger partial charge < -0.3 is 10.2 Å². The highest BCUT2D eigenvalue weighted by Crippen LogP contribution is 2.17. The molecule has 0 saturated carbocycles. The molecule has 1 aromatic heterocycles. The molecule has 0 unspecified atom stereocenters. The molecule has 3 nitrogen and oxygen atoms in total. The van der Waals surface area contributed by atoms with Crippen LogP contribution in [0.5, 0.6) is 0 Å². The molecule has 13 heavy (non-hydrogen) atoms. The van der Waals surface area contributed by atoms with Crippen LogP contribution in [-0.4, -0.2) is 24.0 Å². The summed E-state index contributed by atoms with van der Waals surface area (Å²) in [5.74, 6) is 0.879. The minimum atomic E-state index is 0.576.